The Kier molecular flexibility index (Phi) is 5.25. The zero-order valence-corrected chi connectivity index (χ0v) is 16.7. The van der Waals surface area contributed by atoms with Crippen molar-refractivity contribution in [2.45, 2.75) is 45.6 Å². The molecule has 2 atom stereocenters. The molecule has 3 rings (SSSR count). The number of rotatable bonds is 3. The summed E-state index contributed by atoms with van der Waals surface area (Å²) in [5.41, 5.74) is 2.07. The number of halogens is 4. The molecule has 0 spiro atoms. The van der Waals surface area contributed by atoms with Gasteiger partial charge in [0.2, 0.25) is 0 Å². The van der Waals surface area contributed by atoms with Crippen molar-refractivity contribution in [1.29, 1.82) is 0 Å². The van der Waals surface area contributed by atoms with Crippen LogP contribution in [-0.2, 0) is 17.5 Å². The van der Waals surface area contributed by atoms with Crippen LogP contribution in [0.2, 0.25) is 0 Å². The van der Waals surface area contributed by atoms with E-state index >= 15 is 0 Å². The summed E-state index contributed by atoms with van der Waals surface area (Å²) in [5, 5.41) is 0. The summed E-state index contributed by atoms with van der Waals surface area (Å²) < 4.78 is 45.7. The summed E-state index contributed by atoms with van der Waals surface area (Å²) in [6, 6.07) is 9.22. The molecule has 1 aliphatic heterocycles. The van der Waals surface area contributed by atoms with Crippen LogP contribution in [0.1, 0.15) is 40.8 Å². The number of carbonyl (C=O) groups is 1. The first-order valence-corrected chi connectivity index (χ1v) is 9.26. The van der Waals surface area contributed by atoms with Crippen LogP contribution >= 0.6 is 15.9 Å². The van der Waals surface area contributed by atoms with Crippen LogP contribution in [0.15, 0.2) is 40.9 Å². The minimum absolute atomic E-state index is 0.316. The van der Waals surface area contributed by atoms with Gasteiger partial charge in [-0.1, -0.05) is 45.3 Å². The highest BCUT2D eigenvalue weighted by atomic mass is 79.9. The zero-order chi connectivity index (χ0) is 19.9. The van der Waals surface area contributed by atoms with E-state index in [-0.39, 0.29) is 0 Å². The molecule has 1 amide bonds. The molecule has 1 aliphatic rings. The van der Waals surface area contributed by atoms with E-state index in [4.69, 9.17) is 4.74 Å². The lowest BCUT2D eigenvalue weighted by molar-refractivity contribution is -0.137. The molecule has 1 heterocycles. The third-order valence-electron chi connectivity index (χ3n) is 4.69. The van der Waals surface area contributed by atoms with Crippen LogP contribution in [0.4, 0.5) is 18.0 Å². The van der Waals surface area contributed by atoms with Gasteiger partial charge in [0.05, 0.1) is 18.2 Å². The Balaban J connectivity index is 1.89. The Morgan fingerprint density at radius 2 is 1.81 bits per heavy atom. The number of hydrogen-bond acceptors (Lipinski definition) is 2. The van der Waals surface area contributed by atoms with Crippen LogP contribution < -0.4 is 0 Å². The van der Waals surface area contributed by atoms with Crippen LogP contribution in [-0.4, -0.2) is 17.0 Å². The smallest absolute Gasteiger partial charge is 0.416 e. The Morgan fingerprint density at radius 1 is 1.11 bits per heavy atom. The minimum Gasteiger partial charge on any atom is -0.439 e. The largest absolute Gasteiger partial charge is 0.439 e. The van der Waals surface area contributed by atoms with E-state index in [1.165, 1.54) is 0 Å². The van der Waals surface area contributed by atoms with Crippen LogP contribution in [0.3, 0.4) is 0 Å². The molecule has 1 fully saturated rings. The van der Waals surface area contributed by atoms with Crippen molar-refractivity contribution >= 4 is 22.0 Å². The van der Waals surface area contributed by atoms with Crippen molar-refractivity contribution in [3.63, 3.8) is 0 Å². The van der Waals surface area contributed by atoms with Gasteiger partial charge in [-0.25, -0.2) is 4.79 Å². The van der Waals surface area contributed by atoms with E-state index in [0.717, 1.165) is 27.7 Å². The lowest BCUT2D eigenvalue weighted by Gasteiger charge is -2.22. The van der Waals surface area contributed by atoms with Gasteiger partial charge < -0.3 is 4.74 Å². The molecule has 3 nitrogen and oxygen atoms in total. The summed E-state index contributed by atoms with van der Waals surface area (Å²) in [4.78, 5) is 13.9. The minimum atomic E-state index is -4.45. The number of nitrogens with zero attached hydrogens (tertiary/aromatic N) is 1. The first-order valence-electron chi connectivity index (χ1n) is 8.47. The Morgan fingerprint density at radius 3 is 2.48 bits per heavy atom. The maximum Gasteiger partial charge on any atom is 0.416 e. The maximum absolute atomic E-state index is 13.1. The second-order valence-corrected chi connectivity index (χ2v) is 7.75. The molecule has 2 aromatic rings. The highest BCUT2D eigenvalue weighted by Crippen LogP contribution is 2.38. The summed E-state index contributed by atoms with van der Waals surface area (Å²) in [5.74, 6) is 0. The molecule has 7 heteroatoms. The van der Waals surface area contributed by atoms with Gasteiger partial charge in [0.1, 0.15) is 6.10 Å². The van der Waals surface area contributed by atoms with Gasteiger partial charge in [-0.05, 0) is 50.1 Å². The van der Waals surface area contributed by atoms with E-state index in [9.17, 15) is 18.0 Å². The second kappa shape index (κ2) is 7.19. The van der Waals surface area contributed by atoms with Crippen molar-refractivity contribution < 1.29 is 22.7 Å². The van der Waals surface area contributed by atoms with E-state index in [0.29, 0.717) is 17.7 Å². The average Bonchev–Trinajstić information content (AvgIpc) is 2.85. The Hall–Kier alpha value is -2.02. The predicted octanol–water partition coefficient (Wildman–Crippen LogP) is 6.17. The molecular weight excluding hydrogens is 423 g/mol. The highest BCUT2D eigenvalue weighted by molar-refractivity contribution is 9.10. The molecule has 0 radical (unpaired) electrons. The van der Waals surface area contributed by atoms with Gasteiger partial charge in [0.15, 0.2) is 0 Å². The predicted molar refractivity (Wildman–Crippen MR) is 99.3 cm³/mol. The van der Waals surface area contributed by atoms with Crippen molar-refractivity contribution in [2.75, 3.05) is 0 Å². The first kappa shape index (κ1) is 19.7. The molecule has 27 heavy (non-hydrogen) atoms. The molecule has 2 aromatic carbocycles. The van der Waals surface area contributed by atoms with Gasteiger partial charge in [-0.3, -0.25) is 4.90 Å². The quantitative estimate of drug-likeness (QED) is 0.569. The fraction of sp³-hybridized carbons (Fsp3) is 0.350. The van der Waals surface area contributed by atoms with Gasteiger partial charge in [0, 0.05) is 4.47 Å². The fourth-order valence-electron chi connectivity index (χ4n) is 3.31. The number of carbonyl (C=O) groups excluding carboxylic acids is 1. The molecule has 144 valence electrons. The van der Waals surface area contributed by atoms with E-state index < -0.39 is 30.0 Å². The zero-order valence-electron chi connectivity index (χ0n) is 15.1. The highest BCUT2D eigenvalue weighted by Gasteiger charge is 2.41. The molecule has 0 aliphatic carbocycles. The normalized spacial score (nSPS) is 20.1. The summed E-state index contributed by atoms with van der Waals surface area (Å²) in [7, 11) is 0. The van der Waals surface area contributed by atoms with E-state index in [2.05, 4.69) is 15.9 Å². The molecule has 1 saturated heterocycles. The number of benzene rings is 2. The molecule has 0 N–H and O–H groups in total. The number of amides is 1. The van der Waals surface area contributed by atoms with Gasteiger partial charge in [0.25, 0.3) is 0 Å². The van der Waals surface area contributed by atoms with Crippen LogP contribution in [0.5, 0.6) is 0 Å². The standard InChI is InChI=1S/C20H19BrF3NO2/c1-11-4-5-17(21)15(6-11)10-25-13(3)18(27-19(25)26)14-7-12(2)8-16(9-14)20(22,23)24/h4-9,13,18H,10H2,1-3H3/t13-,18-/m0/s1. The van der Waals surface area contributed by atoms with Gasteiger partial charge in [-0.15, -0.1) is 0 Å². The lowest BCUT2D eigenvalue weighted by atomic mass is 9.98. The monoisotopic (exact) mass is 441 g/mol. The molecule has 0 bridgehead atoms. The van der Waals surface area contributed by atoms with E-state index in [1.54, 1.807) is 24.8 Å². The number of hydrogen-bond donors (Lipinski definition) is 0. The second-order valence-electron chi connectivity index (χ2n) is 6.90. The first-order chi connectivity index (χ1) is 12.6. The third-order valence-corrected chi connectivity index (χ3v) is 5.46. The summed E-state index contributed by atoms with van der Waals surface area (Å²) in [6.07, 6.45) is -5.73. The van der Waals surface area contributed by atoms with Crippen LogP contribution in [0.25, 0.3) is 0 Å². The van der Waals surface area contributed by atoms with Crippen molar-refractivity contribution in [2.24, 2.45) is 0 Å². The summed E-state index contributed by atoms with van der Waals surface area (Å²) in [6.45, 7) is 5.66. The Bertz CT molecular complexity index is 882. The summed E-state index contributed by atoms with van der Waals surface area (Å²) >= 11 is 3.47. The Labute approximate surface area is 164 Å². The van der Waals surface area contributed by atoms with Gasteiger partial charge >= 0.3 is 12.3 Å². The SMILES string of the molecule is Cc1cc([C@H]2OC(=O)N(Cc3cc(C)ccc3Br)[C@H]2C)cc(C(F)(F)F)c1. The molecule has 0 saturated carbocycles. The fourth-order valence-corrected chi connectivity index (χ4v) is 3.68. The van der Waals surface area contributed by atoms with Crippen molar-refractivity contribution in [3.8, 4) is 0 Å². The molecule has 0 unspecified atom stereocenters. The van der Waals surface area contributed by atoms with Crippen LogP contribution in [0, 0.1) is 13.8 Å². The maximum atomic E-state index is 13.1. The number of alkyl halides is 3. The lowest BCUT2D eigenvalue weighted by Crippen LogP contribution is -2.31. The third kappa shape index (κ3) is 4.13. The van der Waals surface area contributed by atoms with E-state index in [1.807, 2.05) is 25.1 Å². The number of ether oxygens (including phenoxy) is 1. The molecule has 0 aromatic heterocycles. The topological polar surface area (TPSA) is 29.5 Å². The van der Waals surface area contributed by atoms with Crippen molar-refractivity contribution in [1.82, 2.24) is 4.90 Å². The molecular formula is C20H19BrF3NO2. The average molecular weight is 442 g/mol. The number of cyclic esters (lactones) is 1. The number of aryl methyl sites for hydroxylation is 2. The van der Waals surface area contributed by atoms with Crippen molar-refractivity contribution in [3.05, 3.63) is 68.7 Å². The van der Waals surface area contributed by atoms with Gasteiger partial charge in [-0.2, -0.15) is 13.2 Å².